The van der Waals surface area contributed by atoms with E-state index in [-0.39, 0.29) is 0 Å². The first kappa shape index (κ1) is 11.0. The zero-order valence-electron chi connectivity index (χ0n) is 8.23. The van der Waals surface area contributed by atoms with Crippen LogP contribution in [0.5, 0.6) is 0 Å². The zero-order chi connectivity index (χ0) is 11.5. The van der Waals surface area contributed by atoms with Gasteiger partial charge in [0, 0.05) is 0 Å². The number of carbonyl (C=O) groups excluding carboxylic acids is 1. The van der Waals surface area contributed by atoms with Gasteiger partial charge in [-0.05, 0) is 12.5 Å². The minimum absolute atomic E-state index is 0.514. The molecule has 0 aliphatic rings. The van der Waals surface area contributed by atoms with E-state index in [1.807, 2.05) is 0 Å². The van der Waals surface area contributed by atoms with Crippen LogP contribution in [0.1, 0.15) is 12.5 Å². The molecule has 0 aliphatic carbocycles. The number of carbonyl (C=O) groups is 2. The van der Waals surface area contributed by atoms with Crippen LogP contribution in [0.2, 0.25) is 0 Å². The van der Waals surface area contributed by atoms with Crippen molar-refractivity contribution in [1.82, 2.24) is 5.32 Å². The van der Waals surface area contributed by atoms with E-state index in [1.54, 1.807) is 30.3 Å². The molecule has 0 fully saturated rings. The topological polar surface area (TPSA) is 92.4 Å². The molecule has 1 atom stereocenters. The van der Waals surface area contributed by atoms with E-state index in [4.69, 9.17) is 10.8 Å². The largest absolute Gasteiger partial charge is 0.465 e. The predicted octanol–water partition coefficient (Wildman–Crippen LogP) is 0.655. The predicted molar refractivity (Wildman–Crippen MR) is 54.1 cm³/mol. The average molecular weight is 208 g/mol. The van der Waals surface area contributed by atoms with Crippen LogP contribution in [0.15, 0.2) is 30.3 Å². The van der Waals surface area contributed by atoms with E-state index >= 15 is 0 Å². The Morgan fingerprint density at radius 2 is 1.87 bits per heavy atom. The molecule has 0 saturated carbocycles. The summed E-state index contributed by atoms with van der Waals surface area (Å²) in [5.41, 5.74) is 4.30. The van der Waals surface area contributed by atoms with Gasteiger partial charge in [-0.3, -0.25) is 4.79 Å². The second kappa shape index (κ2) is 4.00. The van der Waals surface area contributed by atoms with Gasteiger partial charge in [0.2, 0.25) is 5.91 Å². The van der Waals surface area contributed by atoms with Crippen LogP contribution in [0.4, 0.5) is 4.79 Å². The highest BCUT2D eigenvalue weighted by molar-refractivity contribution is 5.89. The third-order valence-electron chi connectivity index (χ3n) is 2.20. The van der Waals surface area contributed by atoms with E-state index in [9.17, 15) is 9.59 Å². The smallest absolute Gasteiger partial charge is 0.405 e. The van der Waals surface area contributed by atoms with Crippen molar-refractivity contribution in [2.24, 2.45) is 5.73 Å². The number of rotatable bonds is 3. The Kier molecular flexibility index (Phi) is 2.94. The average Bonchev–Trinajstić information content (AvgIpc) is 2.17. The van der Waals surface area contributed by atoms with Crippen LogP contribution in [0, 0.1) is 0 Å². The first-order chi connectivity index (χ1) is 6.97. The van der Waals surface area contributed by atoms with Crippen molar-refractivity contribution >= 4 is 12.0 Å². The molecule has 0 aliphatic heterocycles. The maximum Gasteiger partial charge on any atom is 0.405 e. The van der Waals surface area contributed by atoms with Gasteiger partial charge in [-0.15, -0.1) is 0 Å². The normalized spacial score (nSPS) is 13.9. The van der Waals surface area contributed by atoms with E-state index < -0.39 is 17.5 Å². The molecule has 0 saturated heterocycles. The van der Waals surface area contributed by atoms with E-state index in [0.717, 1.165) is 0 Å². The third kappa shape index (κ3) is 2.25. The Balaban J connectivity index is 3.13. The van der Waals surface area contributed by atoms with Crippen molar-refractivity contribution in [1.29, 1.82) is 0 Å². The summed E-state index contributed by atoms with van der Waals surface area (Å²) in [4.78, 5) is 21.8. The number of benzene rings is 1. The van der Waals surface area contributed by atoms with Gasteiger partial charge in [0.15, 0.2) is 0 Å². The monoisotopic (exact) mass is 208 g/mol. The van der Waals surface area contributed by atoms with Crippen LogP contribution < -0.4 is 11.1 Å². The minimum atomic E-state index is -1.40. The lowest BCUT2D eigenvalue weighted by atomic mass is 9.91. The molecule has 1 unspecified atom stereocenters. The summed E-state index contributed by atoms with van der Waals surface area (Å²) in [5.74, 6) is -0.740. The summed E-state index contributed by atoms with van der Waals surface area (Å²) < 4.78 is 0. The summed E-state index contributed by atoms with van der Waals surface area (Å²) in [5, 5.41) is 10.8. The molecule has 1 aromatic rings. The fraction of sp³-hybridized carbons (Fsp3) is 0.200. The Hall–Kier alpha value is -2.04. The van der Waals surface area contributed by atoms with Gasteiger partial charge < -0.3 is 16.2 Å². The Morgan fingerprint density at radius 3 is 2.27 bits per heavy atom. The number of hydrogen-bond donors (Lipinski definition) is 3. The molecule has 1 aromatic carbocycles. The molecule has 0 radical (unpaired) electrons. The molecule has 5 heteroatoms. The standard InChI is InChI=1S/C10H12N2O3/c1-10(8(11)13,12-9(14)15)7-5-3-2-4-6-7/h2-6,12H,1H3,(H2,11,13)(H,14,15). The number of nitrogens with two attached hydrogens (primary N) is 1. The summed E-state index contributed by atoms with van der Waals surface area (Å²) in [6.07, 6.45) is -1.29. The summed E-state index contributed by atoms with van der Waals surface area (Å²) in [6, 6.07) is 8.47. The minimum Gasteiger partial charge on any atom is -0.465 e. The van der Waals surface area contributed by atoms with Crippen LogP contribution in [-0.2, 0) is 10.3 Å². The molecular weight excluding hydrogens is 196 g/mol. The fourth-order valence-corrected chi connectivity index (χ4v) is 1.26. The van der Waals surface area contributed by atoms with E-state index in [1.165, 1.54) is 6.92 Å². The SMILES string of the molecule is CC(NC(=O)O)(C(N)=O)c1ccccc1. The maximum atomic E-state index is 11.3. The molecule has 4 N–H and O–H groups in total. The molecule has 80 valence electrons. The van der Waals surface area contributed by atoms with Crippen molar-refractivity contribution in [2.45, 2.75) is 12.5 Å². The van der Waals surface area contributed by atoms with Crippen molar-refractivity contribution in [2.75, 3.05) is 0 Å². The van der Waals surface area contributed by atoms with Gasteiger partial charge in [0.25, 0.3) is 0 Å². The Bertz CT molecular complexity index is 378. The first-order valence-electron chi connectivity index (χ1n) is 4.33. The van der Waals surface area contributed by atoms with Gasteiger partial charge in [0.1, 0.15) is 5.54 Å². The number of amides is 2. The fourth-order valence-electron chi connectivity index (χ4n) is 1.26. The highest BCUT2D eigenvalue weighted by atomic mass is 16.4. The van der Waals surface area contributed by atoms with Crippen LogP contribution in [0.25, 0.3) is 0 Å². The third-order valence-corrected chi connectivity index (χ3v) is 2.20. The number of carboxylic acid groups (broad SMARTS) is 1. The second-order valence-electron chi connectivity index (χ2n) is 3.29. The van der Waals surface area contributed by atoms with Crippen molar-refractivity contribution < 1.29 is 14.7 Å². The quantitative estimate of drug-likeness (QED) is 0.681. The van der Waals surface area contributed by atoms with Crippen molar-refractivity contribution in [3.05, 3.63) is 35.9 Å². The van der Waals surface area contributed by atoms with Crippen molar-refractivity contribution in [3.8, 4) is 0 Å². The summed E-state index contributed by atoms with van der Waals surface area (Å²) in [7, 11) is 0. The van der Waals surface area contributed by atoms with Crippen LogP contribution in [0.3, 0.4) is 0 Å². The van der Waals surface area contributed by atoms with Crippen molar-refractivity contribution in [3.63, 3.8) is 0 Å². The van der Waals surface area contributed by atoms with E-state index in [0.29, 0.717) is 5.56 Å². The maximum absolute atomic E-state index is 11.3. The second-order valence-corrected chi connectivity index (χ2v) is 3.29. The first-order valence-corrected chi connectivity index (χ1v) is 4.33. The molecule has 5 nitrogen and oxygen atoms in total. The zero-order valence-corrected chi connectivity index (χ0v) is 8.23. The molecule has 0 aromatic heterocycles. The molecule has 15 heavy (non-hydrogen) atoms. The van der Waals surface area contributed by atoms with Gasteiger partial charge in [-0.2, -0.15) is 0 Å². The van der Waals surface area contributed by atoms with Crippen LogP contribution >= 0.6 is 0 Å². The number of nitrogens with one attached hydrogen (secondary N) is 1. The lowest BCUT2D eigenvalue weighted by Gasteiger charge is -2.26. The summed E-state index contributed by atoms with van der Waals surface area (Å²) >= 11 is 0. The van der Waals surface area contributed by atoms with Gasteiger partial charge in [-0.1, -0.05) is 30.3 Å². The highest BCUT2D eigenvalue weighted by Gasteiger charge is 2.34. The number of hydrogen-bond acceptors (Lipinski definition) is 2. The highest BCUT2D eigenvalue weighted by Crippen LogP contribution is 2.19. The molecule has 1 rings (SSSR count). The Labute approximate surface area is 86.9 Å². The molecular formula is C10H12N2O3. The number of primary amides is 1. The van der Waals surface area contributed by atoms with Crippen LogP contribution in [-0.4, -0.2) is 17.1 Å². The Morgan fingerprint density at radius 1 is 1.33 bits per heavy atom. The van der Waals surface area contributed by atoms with E-state index in [2.05, 4.69) is 5.32 Å². The lowest BCUT2D eigenvalue weighted by molar-refractivity contribution is -0.123. The molecule has 0 heterocycles. The molecule has 2 amide bonds. The van der Waals surface area contributed by atoms with Gasteiger partial charge in [-0.25, -0.2) is 4.79 Å². The summed E-state index contributed by atoms with van der Waals surface area (Å²) in [6.45, 7) is 1.43. The molecule has 0 bridgehead atoms. The van der Waals surface area contributed by atoms with Gasteiger partial charge >= 0.3 is 6.09 Å². The lowest BCUT2D eigenvalue weighted by Crippen LogP contribution is -2.52. The van der Waals surface area contributed by atoms with Gasteiger partial charge in [0.05, 0.1) is 0 Å². The molecule has 0 spiro atoms.